The van der Waals surface area contributed by atoms with Gasteiger partial charge in [0.2, 0.25) is 0 Å². The molecule has 0 atom stereocenters. The van der Waals surface area contributed by atoms with Crippen molar-refractivity contribution in [2.45, 2.75) is 19.4 Å². The molecule has 0 amide bonds. The molecule has 80 valence electrons. The van der Waals surface area contributed by atoms with Gasteiger partial charge in [-0.15, -0.1) is 0 Å². The van der Waals surface area contributed by atoms with Crippen molar-refractivity contribution in [3.8, 4) is 6.07 Å². The standard InChI is InChI=1S/C9H8F2IN3/c10-9(11)8-7(12)5(1-2-13)3-6(4-14)15-8/h3,9H,1,4,14H2. The molecule has 1 aromatic rings. The van der Waals surface area contributed by atoms with E-state index >= 15 is 0 Å². The molecule has 1 rings (SSSR count). The lowest BCUT2D eigenvalue weighted by molar-refractivity contribution is 0.144. The van der Waals surface area contributed by atoms with E-state index in [-0.39, 0.29) is 18.7 Å². The Morgan fingerprint density at radius 1 is 1.60 bits per heavy atom. The summed E-state index contributed by atoms with van der Waals surface area (Å²) in [5, 5.41) is 8.54. The highest BCUT2D eigenvalue weighted by molar-refractivity contribution is 14.1. The van der Waals surface area contributed by atoms with E-state index in [0.29, 0.717) is 14.8 Å². The Labute approximate surface area is 99.4 Å². The fourth-order valence-corrected chi connectivity index (χ4v) is 1.83. The lowest BCUT2D eigenvalue weighted by Gasteiger charge is -2.08. The highest BCUT2D eigenvalue weighted by Crippen LogP contribution is 2.26. The molecule has 15 heavy (non-hydrogen) atoms. The van der Waals surface area contributed by atoms with E-state index in [2.05, 4.69) is 4.98 Å². The molecule has 6 heteroatoms. The van der Waals surface area contributed by atoms with E-state index < -0.39 is 6.43 Å². The average Bonchev–Trinajstić information content (AvgIpc) is 2.21. The molecule has 2 N–H and O–H groups in total. The summed E-state index contributed by atoms with van der Waals surface area (Å²) in [6.07, 6.45) is -2.55. The molecule has 1 aromatic heterocycles. The number of hydrogen-bond donors (Lipinski definition) is 1. The molecule has 0 aromatic carbocycles. The van der Waals surface area contributed by atoms with Crippen LogP contribution in [-0.2, 0) is 13.0 Å². The first-order valence-electron chi connectivity index (χ1n) is 4.13. The van der Waals surface area contributed by atoms with Crippen molar-refractivity contribution in [3.63, 3.8) is 0 Å². The Morgan fingerprint density at radius 2 is 2.27 bits per heavy atom. The number of rotatable bonds is 3. The second-order valence-corrected chi connectivity index (χ2v) is 3.89. The number of pyridine rings is 1. The Hall–Kier alpha value is -0.810. The molecule has 0 spiro atoms. The Kier molecular flexibility index (Phi) is 4.35. The van der Waals surface area contributed by atoms with Crippen LogP contribution in [0.25, 0.3) is 0 Å². The maximum atomic E-state index is 12.6. The molecule has 0 radical (unpaired) electrons. The first kappa shape index (κ1) is 12.3. The molecule has 0 bridgehead atoms. The van der Waals surface area contributed by atoms with E-state index in [1.807, 2.05) is 6.07 Å². The fourth-order valence-electron chi connectivity index (χ4n) is 1.13. The van der Waals surface area contributed by atoms with Gasteiger partial charge < -0.3 is 5.73 Å². The quantitative estimate of drug-likeness (QED) is 0.867. The van der Waals surface area contributed by atoms with Crippen LogP contribution in [0, 0.1) is 14.9 Å². The molecule has 0 unspecified atom stereocenters. The van der Waals surface area contributed by atoms with Crippen LogP contribution in [0.1, 0.15) is 23.4 Å². The number of nitrogens with two attached hydrogens (primary N) is 1. The van der Waals surface area contributed by atoms with E-state index in [1.165, 1.54) is 0 Å². The minimum absolute atomic E-state index is 0.0908. The summed E-state index contributed by atoms with van der Waals surface area (Å²) in [6.45, 7) is 0.0923. The van der Waals surface area contributed by atoms with Crippen molar-refractivity contribution in [2.24, 2.45) is 5.73 Å². The van der Waals surface area contributed by atoms with E-state index in [9.17, 15) is 8.78 Å². The number of hydrogen-bond acceptors (Lipinski definition) is 3. The highest BCUT2D eigenvalue weighted by Gasteiger charge is 2.17. The van der Waals surface area contributed by atoms with Gasteiger partial charge in [-0.2, -0.15) is 5.26 Å². The predicted molar refractivity (Wildman–Crippen MR) is 59.1 cm³/mol. The zero-order valence-corrected chi connectivity index (χ0v) is 9.83. The molecule has 0 saturated heterocycles. The predicted octanol–water partition coefficient (Wildman–Crippen LogP) is 2.15. The number of alkyl halides is 2. The topological polar surface area (TPSA) is 62.7 Å². The minimum Gasteiger partial charge on any atom is -0.325 e. The number of nitrogens with zero attached hydrogens (tertiary/aromatic N) is 2. The lowest BCUT2D eigenvalue weighted by atomic mass is 10.1. The van der Waals surface area contributed by atoms with Gasteiger partial charge in [0.05, 0.1) is 18.2 Å². The largest absolute Gasteiger partial charge is 0.325 e. The Bertz CT molecular complexity index is 401. The van der Waals surface area contributed by atoms with Crippen LogP contribution in [0.5, 0.6) is 0 Å². The van der Waals surface area contributed by atoms with Crippen LogP contribution in [0.2, 0.25) is 0 Å². The van der Waals surface area contributed by atoms with Gasteiger partial charge in [-0.25, -0.2) is 13.8 Å². The molecule has 0 saturated carbocycles. The van der Waals surface area contributed by atoms with Gasteiger partial charge in [-0.1, -0.05) is 0 Å². The molecular formula is C9H8F2IN3. The van der Waals surface area contributed by atoms with Gasteiger partial charge in [-0.3, -0.25) is 0 Å². The smallest absolute Gasteiger partial charge is 0.281 e. The summed E-state index contributed by atoms with van der Waals surface area (Å²) in [4.78, 5) is 3.74. The first-order chi connectivity index (χ1) is 7.10. The average molecular weight is 323 g/mol. The van der Waals surface area contributed by atoms with Gasteiger partial charge in [0.15, 0.2) is 0 Å². The summed E-state index contributed by atoms with van der Waals surface area (Å²) < 4.78 is 25.5. The van der Waals surface area contributed by atoms with Crippen LogP contribution in [0.4, 0.5) is 8.78 Å². The molecule has 0 aliphatic rings. The van der Waals surface area contributed by atoms with Crippen molar-refractivity contribution < 1.29 is 8.78 Å². The van der Waals surface area contributed by atoms with Crippen LogP contribution >= 0.6 is 22.6 Å². The molecule has 1 heterocycles. The third-order valence-corrected chi connectivity index (χ3v) is 3.04. The normalized spacial score (nSPS) is 10.4. The number of nitriles is 1. The molecule has 0 aliphatic heterocycles. The zero-order chi connectivity index (χ0) is 11.4. The van der Waals surface area contributed by atoms with Crippen molar-refractivity contribution in [2.75, 3.05) is 0 Å². The Balaban J connectivity index is 3.28. The Morgan fingerprint density at radius 3 is 2.73 bits per heavy atom. The van der Waals surface area contributed by atoms with E-state index in [0.717, 1.165) is 0 Å². The third kappa shape index (κ3) is 2.82. The van der Waals surface area contributed by atoms with Crippen molar-refractivity contribution >= 4 is 22.6 Å². The van der Waals surface area contributed by atoms with E-state index in [4.69, 9.17) is 11.0 Å². The fraction of sp³-hybridized carbons (Fsp3) is 0.333. The third-order valence-electron chi connectivity index (χ3n) is 1.80. The zero-order valence-electron chi connectivity index (χ0n) is 7.67. The summed E-state index contributed by atoms with van der Waals surface area (Å²) in [7, 11) is 0. The van der Waals surface area contributed by atoms with Crippen LogP contribution in [0.3, 0.4) is 0 Å². The summed E-state index contributed by atoms with van der Waals surface area (Å²) in [5.74, 6) is 0. The van der Waals surface area contributed by atoms with Crippen LogP contribution in [0.15, 0.2) is 6.07 Å². The van der Waals surface area contributed by atoms with Crippen molar-refractivity contribution in [1.82, 2.24) is 4.98 Å². The van der Waals surface area contributed by atoms with Gasteiger partial charge in [0, 0.05) is 10.1 Å². The van der Waals surface area contributed by atoms with Crippen molar-refractivity contribution in [3.05, 3.63) is 26.6 Å². The second kappa shape index (κ2) is 5.32. The SMILES string of the molecule is N#CCc1cc(CN)nc(C(F)F)c1I. The number of aromatic nitrogens is 1. The lowest BCUT2D eigenvalue weighted by Crippen LogP contribution is -2.07. The van der Waals surface area contributed by atoms with Gasteiger partial charge in [0.1, 0.15) is 5.69 Å². The highest BCUT2D eigenvalue weighted by atomic mass is 127. The van der Waals surface area contributed by atoms with Gasteiger partial charge >= 0.3 is 0 Å². The number of halogens is 3. The summed E-state index contributed by atoms with van der Waals surface area (Å²) in [5.41, 5.74) is 6.00. The summed E-state index contributed by atoms with van der Waals surface area (Å²) in [6, 6.07) is 3.52. The maximum absolute atomic E-state index is 12.6. The van der Waals surface area contributed by atoms with Gasteiger partial charge in [0.25, 0.3) is 6.43 Å². The molecule has 0 aliphatic carbocycles. The van der Waals surface area contributed by atoms with Crippen LogP contribution < -0.4 is 5.73 Å². The van der Waals surface area contributed by atoms with E-state index in [1.54, 1.807) is 28.7 Å². The molecule has 3 nitrogen and oxygen atoms in total. The van der Waals surface area contributed by atoms with Crippen LogP contribution in [-0.4, -0.2) is 4.98 Å². The molecule has 0 fully saturated rings. The minimum atomic E-state index is -2.64. The maximum Gasteiger partial charge on any atom is 0.281 e. The van der Waals surface area contributed by atoms with Crippen molar-refractivity contribution in [1.29, 1.82) is 5.26 Å². The first-order valence-corrected chi connectivity index (χ1v) is 5.21. The monoisotopic (exact) mass is 323 g/mol. The second-order valence-electron chi connectivity index (χ2n) is 2.81. The van der Waals surface area contributed by atoms with Gasteiger partial charge in [-0.05, 0) is 34.2 Å². The molecular weight excluding hydrogens is 315 g/mol. The summed E-state index contributed by atoms with van der Waals surface area (Å²) >= 11 is 1.78.